The number of hydrogen-bond donors (Lipinski definition) is 4. The van der Waals surface area contributed by atoms with Crippen LogP contribution in [0.15, 0.2) is 30.0 Å². The third-order valence-corrected chi connectivity index (χ3v) is 2.66. The fourth-order valence-corrected chi connectivity index (χ4v) is 1.74. The molecule has 0 saturated heterocycles. The summed E-state index contributed by atoms with van der Waals surface area (Å²) in [6.45, 7) is 0. The number of rotatable bonds is 3. The summed E-state index contributed by atoms with van der Waals surface area (Å²) >= 11 is 0. The second-order valence-corrected chi connectivity index (χ2v) is 3.89. The lowest BCUT2D eigenvalue weighted by molar-refractivity contribution is -0.133. The van der Waals surface area contributed by atoms with E-state index in [2.05, 4.69) is 10.6 Å². The predicted molar refractivity (Wildman–Crippen MR) is 64.8 cm³/mol. The second-order valence-electron chi connectivity index (χ2n) is 3.89. The molecule has 0 bridgehead atoms. The van der Waals surface area contributed by atoms with Crippen LogP contribution in [0, 0.1) is 0 Å². The average Bonchev–Trinajstić information content (AvgIpc) is 2.38. The Morgan fingerprint density at radius 2 is 2.16 bits per heavy atom. The van der Waals surface area contributed by atoms with E-state index in [4.69, 9.17) is 9.84 Å². The van der Waals surface area contributed by atoms with Gasteiger partial charge in [0, 0.05) is 0 Å². The lowest BCUT2D eigenvalue weighted by atomic mass is 10.0. The number of amides is 2. The van der Waals surface area contributed by atoms with E-state index in [1.807, 2.05) is 0 Å². The first-order valence-electron chi connectivity index (χ1n) is 5.41. The summed E-state index contributed by atoms with van der Waals surface area (Å²) in [5.41, 5.74) is 0.407. The van der Waals surface area contributed by atoms with E-state index in [1.165, 1.54) is 25.3 Å². The van der Waals surface area contributed by atoms with Crippen molar-refractivity contribution >= 4 is 12.0 Å². The molecule has 1 heterocycles. The SMILES string of the molecule is COc1cc(C2C=C(C(=O)O)NC(=O)N2)ccc1O. The van der Waals surface area contributed by atoms with Crippen molar-refractivity contribution in [1.82, 2.24) is 10.6 Å². The maximum Gasteiger partial charge on any atom is 0.352 e. The number of phenolic OH excluding ortho intramolecular Hbond substituents is 1. The van der Waals surface area contributed by atoms with Gasteiger partial charge in [0.15, 0.2) is 11.5 Å². The Kier molecular flexibility index (Phi) is 3.28. The molecule has 7 nitrogen and oxygen atoms in total. The summed E-state index contributed by atoms with van der Waals surface area (Å²) in [5.74, 6) is -1.00. The third kappa shape index (κ3) is 2.59. The summed E-state index contributed by atoms with van der Waals surface area (Å²) in [4.78, 5) is 22.3. The molecule has 2 rings (SSSR count). The van der Waals surface area contributed by atoms with Crippen LogP contribution in [0.25, 0.3) is 0 Å². The van der Waals surface area contributed by atoms with Crippen molar-refractivity contribution in [2.45, 2.75) is 6.04 Å². The molecule has 1 aliphatic heterocycles. The Hall–Kier alpha value is -2.70. The highest BCUT2D eigenvalue weighted by Gasteiger charge is 2.23. The molecule has 4 N–H and O–H groups in total. The highest BCUT2D eigenvalue weighted by Crippen LogP contribution is 2.30. The zero-order chi connectivity index (χ0) is 14.0. The molecule has 19 heavy (non-hydrogen) atoms. The maximum atomic E-state index is 11.4. The third-order valence-electron chi connectivity index (χ3n) is 2.66. The van der Waals surface area contributed by atoms with Gasteiger partial charge in [-0.1, -0.05) is 6.07 Å². The minimum absolute atomic E-state index is 0.0334. The fourth-order valence-electron chi connectivity index (χ4n) is 1.74. The van der Waals surface area contributed by atoms with Crippen molar-refractivity contribution in [1.29, 1.82) is 0 Å². The van der Waals surface area contributed by atoms with Gasteiger partial charge in [-0.25, -0.2) is 9.59 Å². The smallest absolute Gasteiger partial charge is 0.352 e. The van der Waals surface area contributed by atoms with Gasteiger partial charge in [0.1, 0.15) is 5.70 Å². The van der Waals surface area contributed by atoms with Gasteiger partial charge in [-0.3, -0.25) is 0 Å². The molecule has 1 aromatic rings. The molecular formula is C12H12N2O5. The van der Waals surface area contributed by atoms with Crippen LogP contribution < -0.4 is 15.4 Å². The van der Waals surface area contributed by atoms with Crippen molar-refractivity contribution in [2.75, 3.05) is 7.11 Å². The number of urea groups is 1. The van der Waals surface area contributed by atoms with Crippen molar-refractivity contribution in [3.05, 3.63) is 35.5 Å². The molecule has 100 valence electrons. The molecule has 7 heteroatoms. The van der Waals surface area contributed by atoms with E-state index in [0.29, 0.717) is 5.56 Å². The van der Waals surface area contributed by atoms with E-state index in [0.717, 1.165) is 0 Å². The van der Waals surface area contributed by atoms with Crippen LogP contribution in [0.4, 0.5) is 4.79 Å². The van der Waals surface area contributed by atoms with Crippen LogP contribution in [0.1, 0.15) is 11.6 Å². The summed E-state index contributed by atoms with van der Waals surface area (Å²) < 4.78 is 4.96. The number of aromatic hydroxyl groups is 1. The largest absolute Gasteiger partial charge is 0.504 e. The van der Waals surface area contributed by atoms with Crippen molar-refractivity contribution in [3.63, 3.8) is 0 Å². The van der Waals surface area contributed by atoms with Gasteiger partial charge in [0.05, 0.1) is 13.2 Å². The van der Waals surface area contributed by atoms with E-state index in [9.17, 15) is 14.7 Å². The zero-order valence-corrected chi connectivity index (χ0v) is 10.0. The Morgan fingerprint density at radius 3 is 2.79 bits per heavy atom. The summed E-state index contributed by atoms with van der Waals surface area (Å²) in [7, 11) is 1.40. The molecule has 0 aromatic heterocycles. The number of carboxylic acids is 1. The Labute approximate surface area is 108 Å². The van der Waals surface area contributed by atoms with Gasteiger partial charge in [-0.15, -0.1) is 0 Å². The van der Waals surface area contributed by atoms with Gasteiger partial charge in [-0.2, -0.15) is 0 Å². The number of methoxy groups -OCH3 is 1. The second kappa shape index (κ2) is 4.89. The van der Waals surface area contributed by atoms with Crippen molar-refractivity contribution in [3.8, 4) is 11.5 Å². The van der Waals surface area contributed by atoms with Crippen molar-refractivity contribution in [2.24, 2.45) is 0 Å². The molecule has 1 aromatic carbocycles. The summed E-state index contributed by atoms with van der Waals surface area (Å²) in [6, 6.07) is 3.31. The molecule has 0 radical (unpaired) electrons. The number of benzene rings is 1. The standard InChI is InChI=1S/C12H12N2O5/c1-19-10-4-6(2-3-9(10)15)7-5-8(11(16)17)14-12(18)13-7/h2-5,7,15H,1H3,(H,16,17)(H2,13,14,18). The molecule has 1 atom stereocenters. The summed E-state index contributed by atoms with van der Waals surface area (Å²) in [5, 5.41) is 23.1. The first kappa shape index (κ1) is 12.7. The number of carboxylic acid groups (broad SMARTS) is 1. The van der Waals surface area contributed by atoms with E-state index in [-0.39, 0.29) is 17.2 Å². The number of carbonyl (C=O) groups is 2. The lowest BCUT2D eigenvalue weighted by Crippen LogP contribution is -2.43. The minimum Gasteiger partial charge on any atom is -0.504 e. The number of phenols is 1. The maximum absolute atomic E-state index is 11.4. The van der Waals surface area contributed by atoms with E-state index < -0.39 is 18.0 Å². The van der Waals surface area contributed by atoms with Gasteiger partial charge >= 0.3 is 12.0 Å². The minimum atomic E-state index is -1.22. The van der Waals surface area contributed by atoms with Gasteiger partial charge in [0.2, 0.25) is 0 Å². The first-order valence-corrected chi connectivity index (χ1v) is 5.41. The topological polar surface area (TPSA) is 108 Å². The zero-order valence-electron chi connectivity index (χ0n) is 10.0. The lowest BCUT2D eigenvalue weighted by Gasteiger charge is -2.22. The molecule has 0 spiro atoms. The number of nitrogens with one attached hydrogen (secondary N) is 2. The number of aliphatic carboxylic acids is 1. The predicted octanol–water partition coefficient (Wildman–Crippen LogP) is 0.723. The normalized spacial score (nSPS) is 18.1. The molecule has 1 aliphatic rings. The Balaban J connectivity index is 2.38. The number of ether oxygens (including phenoxy) is 1. The van der Waals surface area contributed by atoms with E-state index in [1.54, 1.807) is 6.07 Å². The monoisotopic (exact) mass is 264 g/mol. The molecule has 0 aliphatic carbocycles. The fraction of sp³-hybridized carbons (Fsp3) is 0.167. The van der Waals surface area contributed by atoms with Crippen LogP contribution in [0.5, 0.6) is 11.5 Å². The average molecular weight is 264 g/mol. The van der Waals surface area contributed by atoms with Crippen LogP contribution >= 0.6 is 0 Å². The van der Waals surface area contributed by atoms with Crippen molar-refractivity contribution < 1.29 is 24.5 Å². The molecule has 0 saturated carbocycles. The molecule has 2 amide bonds. The Bertz CT molecular complexity index is 567. The highest BCUT2D eigenvalue weighted by atomic mass is 16.5. The van der Waals surface area contributed by atoms with Crippen LogP contribution in [0.2, 0.25) is 0 Å². The van der Waals surface area contributed by atoms with Gasteiger partial charge in [-0.05, 0) is 23.8 Å². The van der Waals surface area contributed by atoms with Gasteiger partial charge < -0.3 is 25.6 Å². The number of carbonyl (C=O) groups excluding carboxylic acids is 1. The van der Waals surface area contributed by atoms with Gasteiger partial charge in [0.25, 0.3) is 0 Å². The summed E-state index contributed by atoms with van der Waals surface area (Å²) in [6.07, 6.45) is 1.37. The molecular weight excluding hydrogens is 252 g/mol. The van der Waals surface area contributed by atoms with Crippen LogP contribution in [-0.2, 0) is 4.79 Å². The molecule has 1 unspecified atom stereocenters. The molecule has 0 fully saturated rings. The van der Waals surface area contributed by atoms with Crippen LogP contribution in [-0.4, -0.2) is 29.3 Å². The van der Waals surface area contributed by atoms with Crippen LogP contribution in [0.3, 0.4) is 0 Å². The Morgan fingerprint density at radius 1 is 1.42 bits per heavy atom. The number of hydrogen-bond acceptors (Lipinski definition) is 4. The first-order chi connectivity index (χ1) is 9.01. The highest BCUT2D eigenvalue weighted by molar-refractivity contribution is 5.93. The quantitative estimate of drug-likeness (QED) is 0.643. The van der Waals surface area contributed by atoms with E-state index >= 15 is 0 Å².